The Labute approximate surface area is 148 Å². The molecule has 3 rings (SSSR count). The zero-order chi connectivity index (χ0) is 18.7. The van der Waals surface area contributed by atoms with Crippen molar-refractivity contribution in [3.8, 4) is 11.7 Å². The van der Waals surface area contributed by atoms with Crippen LogP contribution in [0.4, 0.5) is 4.79 Å². The summed E-state index contributed by atoms with van der Waals surface area (Å²) in [6.45, 7) is 2.85. The summed E-state index contributed by atoms with van der Waals surface area (Å²) in [6, 6.07) is 2.71. The Morgan fingerprint density at radius 2 is 2.08 bits per heavy atom. The van der Waals surface area contributed by atoms with E-state index in [4.69, 9.17) is 13.6 Å². The first-order chi connectivity index (χ1) is 12.5. The predicted molar refractivity (Wildman–Crippen MR) is 85.4 cm³/mol. The van der Waals surface area contributed by atoms with Gasteiger partial charge in [-0.25, -0.2) is 4.79 Å². The topological polar surface area (TPSA) is 128 Å². The van der Waals surface area contributed by atoms with Crippen molar-refractivity contribution in [1.29, 1.82) is 0 Å². The third-order valence-electron chi connectivity index (χ3n) is 4.30. The van der Waals surface area contributed by atoms with Crippen molar-refractivity contribution >= 4 is 17.9 Å². The van der Waals surface area contributed by atoms with Gasteiger partial charge in [0.2, 0.25) is 0 Å². The number of imide groups is 1. The lowest BCUT2D eigenvalue weighted by Gasteiger charge is -2.22. The molecule has 138 valence electrons. The van der Waals surface area contributed by atoms with Crippen molar-refractivity contribution in [2.75, 3.05) is 6.54 Å². The van der Waals surface area contributed by atoms with E-state index in [1.807, 2.05) is 0 Å². The van der Waals surface area contributed by atoms with E-state index < -0.39 is 30.0 Å². The average molecular weight is 362 g/mol. The van der Waals surface area contributed by atoms with E-state index >= 15 is 0 Å². The molecule has 2 aromatic heterocycles. The first kappa shape index (κ1) is 17.6. The van der Waals surface area contributed by atoms with E-state index in [2.05, 4.69) is 15.5 Å². The first-order valence-corrected chi connectivity index (χ1v) is 8.15. The molecule has 26 heavy (non-hydrogen) atoms. The molecule has 2 aromatic rings. The number of ether oxygens (including phenoxy) is 1. The monoisotopic (exact) mass is 362 g/mol. The molecule has 1 aliphatic rings. The molecule has 0 atom stereocenters. The highest BCUT2D eigenvalue weighted by Crippen LogP contribution is 2.24. The van der Waals surface area contributed by atoms with Gasteiger partial charge >= 0.3 is 12.0 Å². The number of hydrogen-bond acceptors (Lipinski definition) is 8. The number of esters is 1. The number of rotatable bonds is 7. The van der Waals surface area contributed by atoms with Gasteiger partial charge in [0.15, 0.2) is 12.4 Å². The molecule has 0 aromatic carbocycles. The number of urea groups is 1. The van der Waals surface area contributed by atoms with Gasteiger partial charge in [-0.2, -0.15) is 0 Å². The molecule has 10 nitrogen and oxygen atoms in total. The number of hydrogen-bond donors (Lipinski definition) is 1. The lowest BCUT2D eigenvalue weighted by Crippen LogP contribution is -2.46. The molecule has 0 radical (unpaired) electrons. The maximum atomic E-state index is 12.4. The van der Waals surface area contributed by atoms with E-state index in [9.17, 15) is 14.4 Å². The number of amides is 3. The van der Waals surface area contributed by atoms with Crippen LogP contribution in [0.25, 0.3) is 11.7 Å². The van der Waals surface area contributed by atoms with Gasteiger partial charge in [-0.3, -0.25) is 14.5 Å². The van der Waals surface area contributed by atoms with Crippen molar-refractivity contribution in [2.45, 2.75) is 38.8 Å². The van der Waals surface area contributed by atoms with E-state index in [-0.39, 0.29) is 18.4 Å². The van der Waals surface area contributed by atoms with Crippen LogP contribution in [-0.2, 0) is 20.9 Å². The third kappa shape index (κ3) is 3.17. The van der Waals surface area contributed by atoms with Crippen LogP contribution in [0.15, 0.2) is 27.2 Å². The summed E-state index contributed by atoms with van der Waals surface area (Å²) >= 11 is 0. The van der Waals surface area contributed by atoms with Crippen molar-refractivity contribution < 1.29 is 28.0 Å². The Bertz CT molecular complexity index is 809. The minimum atomic E-state index is -0.957. The van der Waals surface area contributed by atoms with Gasteiger partial charge in [-0.1, -0.05) is 13.8 Å². The fourth-order valence-corrected chi connectivity index (χ4v) is 2.68. The minimum absolute atomic E-state index is 0.0680. The van der Waals surface area contributed by atoms with Gasteiger partial charge in [0.05, 0.1) is 6.26 Å². The fourth-order valence-electron chi connectivity index (χ4n) is 2.68. The summed E-state index contributed by atoms with van der Waals surface area (Å²) in [5.41, 5.74) is -0.957. The predicted octanol–water partition coefficient (Wildman–Crippen LogP) is 1.48. The molecule has 3 amide bonds. The van der Waals surface area contributed by atoms with Crippen LogP contribution >= 0.6 is 0 Å². The fraction of sp³-hybridized carbons (Fsp3) is 0.438. The Morgan fingerprint density at radius 3 is 2.69 bits per heavy atom. The van der Waals surface area contributed by atoms with Crippen molar-refractivity contribution in [3.05, 3.63) is 24.3 Å². The van der Waals surface area contributed by atoms with Gasteiger partial charge in [0.1, 0.15) is 12.1 Å². The van der Waals surface area contributed by atoms with Crippen LogP contribution in [0.5, 0.6) is 0 Å². The molecule has 0 aliphatic carbocycles. The third-order valence-corrected chi connectivity index (χ3v) is 4.30. The summed E-state index contributed by atoms with van der Waals surface area (Å²) in [5, 5.41) is 10.2. The number of nitrogens with zero attached hydrogens (tertiary/aromatic N) is 3. The molecule has 1 aliphatic heterocycles. The minimum Gasteiger partial charge on any atom is -0.459 e. The summed E-state index contributed by atoms with van der Waals surface area (Å²) < 4.78 is 15.4. The van der Waals surface area contributed by atoms with Crippen LogP contribution in [0, 0.1) is 0 Å². The van der Waals surface area contributed by atoms with Crippen molar-refractivity contribution in [3.63, 3.8) is 0 Å². The van der Waals surface area contributed by atoms with E-state index in [1.54, 1.807) is 26.0 Å². The second-order valence-corrected chi connectivity index (χ2v) is 5.75. The van der Waals surface area contributed by atoms with Gasteiger partial charge in [-0.15, -0.1) is 10.2 Å². The zero-order valence-corrected chi connectivity index (χ0v) is 14.4. The molecule has 0 bridgehead atoms. The normalized spacial score (nSPS) is 16.0. The molecular weight excluding hydrogens is 344 g/mol. The number of carbonyl (C=O) groups is 3. The van der Waals surface area contributed by atoms with Crippen LogP contribution < -0.4 is 5.32 Å². The highest BCUT2D eigenvalue weighted by Gasteiger charge is 2.49. The Hall–Kier alpha value is -3.17. The molecule has 1 N–H and O–H groups in total. The summed E-state index contributed by atoms with van der Waals surface area (Å²) in [5.74, 6) is -0.564. The van der Waals surface area contributed by atoms with Gasteiger partial charge < -0.3 is 18.9 Å². The number of aromatic nitrogens is 2. The molecular formula is C16H18N4O6. The molecule has 0 unspecified atom stereocenters. The maximum absolute atomic E-state index is 12.4. The SMILES string of the molecule is CCC1(CC)NC(=O)N(CC(=O)OCc2nnc(-c3ccco3)o2)C1=O. The highest BCUT2D eigenvalue weighted by atomic mass is 16.5. The lowest BCUT2D eigenvalue weighted by molar-refractivity contribution is -0.149. The summed E-state index contributed by atoms with van der Waals surface area (Å²) in [7, 11) is 0. The molecule has 10 heteroatoms. The zero-order valence-electron chi connectivity index (χ0n) is 14.4. The molecule has 1 saturated heterocycles. The van der Waals surface area contributed by atoms with Crippen LogP contribution in [0.1, 0.15) is 32.6 Å². The summed E-state index contributed by atoms with van der Waals surface area (Å²) in [6.07, 6.45) is 2.35. The van der Waals surface area contributed by atoms with Gasteiger partial charge in [0.25, 0.3) is 17.7 Å². The molecule has 0 spiro atoms. The van der Waals surface area contributed by atoms with Crippen LogP contribution in [0.2, 0.25) is 0 Å². The van der Waals surface area contributed by atoms with Crippen molar-refractivity contribution in [1.82, 2.24) is 20.4 Å². The Balaban J connectivity index is 1.56. The highest BCUT2D eigenvalue weighted by molar-refractivity contribution is 6.08. The summed E-state index contributed by atoms with van der Waals surface area (Å²) in [4.78, 5) is 37.3. The first-order valence-electron chi connectivity index (χ1n) is 8.15. The maximum Gasteiger partial charge on any atom is 0.326 e. The van der Waals surface area contributed by atoms with E-state index in [0.29, 0.717) is 18.6 Å². The molecule has 1 fully saturated rings. The second-order valence-electron chi connectivity index (χ2n) is 5.75. The number of nitrogens with one attached hydrogen (secondary N) is 1. The van der Waals surface area contributed by atoms with E-state index in [0.717, 1.165) is 4.90 Å². The smallest absolute Gasteiger partial charge is 0.326 e. The number of furan rings is 1. The quantitative estimate of drug-likeness (QED) is 0.579. The van der Waals surface area contributed by atoms with Crippen LogP contribution in [-0.4, -0.2) is 45.1 Å². The average Bonchev–Trinajstić information content (AvgIpc) is 3.36. The van der Waals surface area contributed by atoms with Crippen molar-refractivity contribution in [2.24, 2.45) is 0 Å². The molecule has 3 heterocycles. The van der Waals surface area contributed by atoms with Gasteiger partial charge in [-0.05, 0) is 25.0 Å². The number of carbonyl (C=O) groups excluding carboxylic acids is 3. The second kappa shape index (κ2) is 6.98. The Morgan fingerprint density at radius 1 is 1.31 bits per heavy atom. The molecule has 0 saturated carbocycles. The van der Waals surface area contributed by atoms with Crippen LogP contribution in [0.3, 0.4) is 0 Å². The largest absolute Gasteiger partial charge is 0.459 e. The Kier molecular flexibility index (Phi) is 4.74. The van der Waals surface area contributed by atoms with Gasteiger partial charge in [0, 0.05) is 0 Å². The van der Waals surface area contributed by atoms with E-state index in [1.165, 1.54) is 6.26 Å². The standard InChI is InChI=1S/C16H18N4O6/c1-3-16(4-2)14(22)20(15(23)17-16)8-12(21)25-9-11-18-19-13(26-11)10-6-5-7-24-10/h5-7H,3-4,8-9H2,1-2H3,(H,17,23). The lowest BCUT2D eigenvalue weighted by atomic mass is 9.93.